The quantitative estimate of drug-likeness (QED) is 0.370. The van der Waals surface area contributed by atoms with Gasteiger partial charge in [0.25, 0.3) is 0 Å². The van der Waals surface area contributed by atoms with E-state index in [0.29, 0.717) is 0 Å². The van der Waals surface area contributed by atoms with Gasteiger partial charge in [-0.25, -0.2) is 9.50 Å². The molecule has 5 aromatic rings. The maximum Gasteiger partial charge on any atom is 0.162 e. The molecule has 0 bridgehead atoms. The number of nitrogens with zero attached hydrogens (tertiary/aromatic N) is 3. The third kappa shape index (κ3) is 2.54. The second-order valence-electron chi connectivity index (χ2n) is 6.18. The van der Waals surface area contributed by atoms with E-state index in [1.807, 2.05) is 47.8 Å². The largest absolute Gasteiger partial charge is 0.226 e. The van der Waals surface area contributed by atoms with E-state index >= 15 is 0 Å². The molecule has 0 unspecified atom stereocenters. The topological polar surface area (TPSA) is 30.2 Å². The van der Waals surface area contributed by atoms with Crippen LogP contribution < -0.4 is 0 Å². The van der Waals surface area contributed by atoms with Crippen molar-refractivity contribution in [3.05, 3.63) is 77.4 Å². The molecule has 0 radical (unpaired) electrons. The molecule has 126 valence electrons. The van der Waals surface area contributed by atoms with E-state index < -0.39 is 0 Å². The van der Waals surface area contributed by atoms with Crippen LogP contribution in [0, 0.1) is 6.92 Å². The summed E-state index contributed by atoms with van der Waals surface area (Å²) in [6.07, 6.45) is 0. The van der Waals surface area contributed by atoms with Gasteiger partial charge in [-0.1, -0.05) is 47.6 Å². The van der Waals surface area contributed by atoms with Crippen LogP contribution in [0.1, 0.15) is 5.69 Å². The summed E-state index contributed by atoms with van der Waals surface area (Å²) in [5.41, 5.74) is 3.87. The minimum Gasteiger partial charge on any atom is -0.226 e. The van der Waals surface area contributed by atoms with Crippen molar-refractivity contribution in [2.75, 3.05) is 0 Å². The van der Waals surface area contributed by atoms with Crippen LogP contribution in [0.25, 0.3) is 27.5 Å². The summed E-state index contributed by atoms with van der Waals surface area (Å²) in [6.45, 7) is 2.04. The zero-order chi connectivity index (χ0) is 17.7. The molecule has 0 aliphatic heterocycles. The molecule has 0 saturated heterocycles. The van der Waals surface area contributed by atoms with Crippen molar-refractivity contribution in [2.24, 2.45) is 0 Å². The Kier molecular flexibility index (Phi) is 3.62. The van der Waals surface area contributed by atoms with Gasteiger partial charge in [0.1, 0.15) is 0 Å². The molecule has 0 amide bonds. The number of fused-ring (bicyclic) bond motifs is 5. The fraction of sp³-hybridized carbons (Fsp3) is 0.0476. The zero-order valence-electron chi connectivity index (χ0n) is 14.0. The van der Waals surface area contributed by atoms with Crippen molar-refractivity contribution in [3.63, 3.8) is 0 Å². The van der Waals surface area contributed by atoms with Crippen LogP contribution in [0.4, 0.5) is 0 Å². The first kappa shape index (κ1) is 15.7. The molecule has 0 N–H and O–H groups in total. The first-order valence-corrected chi connectivity index (χ1v) is 9.50. The van der Waals surface area contributed by atoms with Crippen LogP contribution in [0.5, 0.6) is 0 Å². The summed E-state index contributed by atoms with van der Waals surface area (Å²) < 4.78 is 1.96. The highest BCUT2D eigenvalue weighted by molar-refractivity contribution is 7.99. The molecule has 26 heavy (non-hydrogen) atoms. The van der Waals surface area contributed by atoms with Crippen molar-refractivity contribution in [1.82, 2.24) is 14.6 Å². The lowest BCUT2D eigenvalue weighted by Gasteiger charge is -2.05. The van der Waals surface area contributed by atoms with E-state index in [2.05, 4.69) is 30.3 Å². The molecule has 3 nitrogen and oxygen atoms in total. The van der Waals surface area contributed by atoms with E-state index in [4.69, 9.17) is 21.7 Å². The number of imidazole rings is 1. The first-order valence-electron chi connectivity index (χ1n) is 8.30. The van der Waals surface area contributed by atoms with E-state index in [9.17, 15) is 0 Å². The Hall–Kier alpha value is -2.56. The van der Waals surface area contributed by atoms with Gasteiger partial charge in [-0.2, -0.15) is 5.10 Å². The van der Waals surface area contributed by atoms with Crippen LogP contribution in [0.15, 0.2) is 76.5 Å². The fourth-order valence-corrected chi connectivity index (χ4v) is 4.20. The molecule has 0 aliphatic rings. The number of aryl methyl sites for hydroxylation is 1. The Morgan fingerprint density at radius 3 is 2.42 bits per heavy atom. The van der Waals surface area contributed by atoms with Crippen LogP contribution in [-0.4, -0.2) is 14.6 Å². The van der Waals surface area contributed by atoms with Crippen LogP contribution in [0.3, 0.4) is 0 Å². The summed E-state index contributed by atoms with van der Waals surface area (Å²) in [6, 6.07) is 22.5. The normalized spacial score (nSPS) is 11.6. The molecule has 2 aromatic heterocycles. The van der Waals surface area contributed by atoms with Gasteiger partial charge in [-0.05, 0) is 49.4 Å². The molecule has 5 rings (SSSR count). The van der Waals surface area contributed by atoms with Crippen molar-refractivity contribution in [3.8, 4) is 0 Å². The van der Waals surface area contributed by atoms with Gasteiger partial charge in [-0.3, -0.25) is 0 Å². The Labute approximate surface area is 159 Å². The van der Waals surface area contributed by atoms with Gasteiger partial charge in [0, 0.05) is 25.6 Å². The third-order valence-electron chi connectivity index (χ3n) is 4.46. The van der Waals surface area contributed by atoms with Crippen molar-refractivity contribution >= 4 is 50.8 Å². The number of halogens is 1. The molecule has 0 saturated carbocycles. The maximum atomic E-state index is 5.98. The maximum absolute atomic E-state index is 5.98. The molecule has 5 heteroatoms. The molecule has 3 aromatic carbocycles. The summed E-state index contributed by atoms with van der Waals surface area (Å²) >= 11 is 7.68. The summed E-state index contributed by atoms with van der Waals surface area (Å²) in [4.78, 5) is 7.12. The third-order valence-corrected chi connectivity index (χ3v) is 5.71. The lowest BCUT2D eigenvalue weighted by atomic mass is 10.1. The lowest BCUT2D eigenvalue weighted by Crippen LogP contribution is -1.96. The SMILES string of the molecule is Cc1nn2c3cc(Sc4ccc(Cl)cc4)ccc3nc2c2ccccc12. The van der Waals surface area contributed by atoms with E-state index in [1.54, 1.807) is 11.8 Å². The molecule has 2 heterocycles. The molecular formula is C21H14ClN3S. The Balaban J connectivity index is 1.70. The number of rotatable bonds is 2. The van der Waals surface area contributed by atoms with Crippen LogP contribution >= 0.6 is 23.4 Å². The standard InChI is InChI=1S/C21H14ClN3S/c1-13-17-4-2-3-5-18(17)21-23-19-11-10-16(12-20(19)25(21)24-13)26-15-8-6-14(22)7-9-15/h2-12H,1H3. The van der Waals surface area contributed by atoms with E-state index in [0.717, 1.165) is 48.0 Å². The smallest absolute Gasteiger partial charge is 0.162 e. The van der Waals surface area contributed by atoms with Gasteiger partial charge in [0.2, 0.25) is 0 Å². The van der Waals surface area contributed by atoms with Crippen molar-refractivity contribution in [1.29, 1.82) is 0 Å². The molecule has 0 spiro atoms. The predicted octanol–water partition coefficient (Wildman–Crippen LogP) is 6.15. The van der Waals surface area contributed by atoms with E-state index in [-0.39, 0.29) is 0 Å². The molecule has 0 aliphatic carbocycles. The summed E-state index contributed by atoms with van der Waals surface area (Å²) in [5.74, 6) is 0. The average molecular weight is 376 g/mol. The van der Waals surface area contributed by atoms with Crippen LogP contribution in [-0.2, 0) is 0 Å². The molecule has 0 atom stereocenters. The number of benzene rings is 3. The minimum atomic E-state index is 0.748. The zero-order valence-corrected chi connectivity index (χ0v) is 15.6. The minimum absolute atomic E-state index is 0.748. The van der Waals surface area contributed by atoms with Gasteiger partial charge in [0.05, 0.1) is 16.7 Å². The average Bonchev–Trinajstić information content (AvgIpc) is 3.02. The molecule has 0 fully saturated rings. The van der Waals surface area contributed by atoms with Crippen molar-refractivity contribution < 1.29 is 0 Å². The highest BCUT2D eigenvalue weighted by atomic mass is 35.5. The van der Waals surface area contributed by atoms with Gasteiger partial charge < -0.3 is 0 Å². The number of hydrogen-bond donors (Lipinski definition) is 0. The lowest BCUT2D eigenvalue weighted by molar-refractivity contribution is 0.941. The van der Waals surface area contributed by atoms with Gasteiger partial charge in [0.15, 0.2) is 5.65 Å². The monoisotopic (exact) mass is 375 g/mol. The Morgan fingerprint density at radius 1 is 0.885 bits per heavy atom. The predicted molar refractivity (Wildman–Crippen MR) is 108 cm³/mol. The Morgan fingerprint density at radius 2 is 1.62 bits per heavy atom. The van der Waals surface area contributed by atoms with Gasteiger partial charge in [-0.15, -0.1) is 0 Å². The summed E-state index contributed by atoms with van der Waals surface area (Å²) in [5, 5.41) is 7.80. The summed E-state index contributed by atoms with van der Waals surface area (Å²) in [7, 11) is 0. The van der Waals surface area contributed by atoms with Crippen molar-refractivity contribution in [2.45, 2.75) is 16.7 Å². The van der Waals surface area contributed by atoms with Crippen LogP contribution in [0.2, 0.25) is 5.02 Å². The Bertz CT molecular complexity index is 1280. The highest BCUT2D eigenvalue weighted by Crippen LogP contribution is 2.32. The first-order chi connectivity index (χ1) is 12.7. The molecular weight excluding hydrogens is 362 g/mol. The number of hydrogen-bond acceptors (Lipinski definition) is 3. The highest BCUT2D eigenvalue weighted by Gasteiger charge is 2.12. The second kappa shape index (κ2) is 6.01. The second-order valence-corrected chi connectivity index (χ2v) is 7.77. The fourth-order valence-electron chi connectivity index (χ4n) is 3.22. The number of aromatic nitrogens is 3. The van der Waals surface area contributed by atoms with Gasteiger partial charge >= 0.3 is 0 Å². The van der Waals surface area contributed by atoms with E-state index in [1.165, 1.54) is 0 Å².